The first-order chi connectivity index (χ1) is 6.44. The molecule has 0 saturated heterocycles. The molecule has 0 heterocycles. The second kappa shape index (κ2) is 5.98. The van der Waals surface area contributed by atoms with Crippen LogP contribution < -0.4 is 5.32 Å². The monoisotopic (exact) mass is 223 g/mol. The lowest BCUT2D eigenvalue weighted by Crippen LogP contribution is -2.39. The SMILES string of the molecule is CCCOS(=O)(=O)C(C)NC(=O)CC. The number of carbonyl (C=O) groups is 1. The lowest BCUT2D eigenvalue weighted by Gasteiger charge is -2.13. The van der Waals surface area contributed by atoms with Crippen molar-refractivity contribution in [1.29, 1.82) is 0 Å². The molecule has 6 heteroatoms. The van der Waals surface area contributed by atoms with Crippen LogP contribution in [0.3, 0.4) is 0 Å². The number of carbonyl (C=O) groups excluding carboxylic acids is 1. The molecule has 0 aliphatic rings. The van der Waals surface area contributed by atoms with Gasteiger partial charge in [0, 0.05) is 6.42 Å². The average Bonchev–Trinajstić information content (AvgIpc) is 2.14. The summed E-state index contributed by atoms with van der Waals surface area (Å²) < 4.78 is 27.3. The van der Waals surface area contributed by atoms with Crippen molar-refractivity contribution in [3.63, 3.8) is 0 Å². The van der Waals surface area contributed by atoms with Crippen LogP contribution in [0.2, 0.25) is 0 Å². The number of rotatable bonds is 6. The molecular formula is C8H17NO4S. The Balaban J connectivity index is 4.21. The van der Waals surface area contributed by atoms with Gasteiger partial charge in [-0.05, 0) is 13.3 Å². The van der Waals surface area contributed by atoms with Gasteiger partial charge in [-0.15, -0.1) is 0 Å². The Morgan fingerprint density at radius 1 is 1.43 bits per heavy atom. The van der Waals surface area contributed by atoms with Gasteiger partial charge in [0.1, 0.15) is 0 Å². The quantitative estimate of drug-likeness (QED) is 0.670. The van der Waals surface area contributed by atoms with E-state index in [1.807, 2.05) is 6.92 Å². The first-order valence-electron chi connectivity index (χ1n) is 4.61. The normalized spacial score (nSPS) is 13.6. The third kappa shape index (κ3) is 4.57. The Morgan fingerprint density at radius 2 is 2.00 bits per heavy atom. The van der Waals surface area contributed by atoms with Gasteiger partial charge in [-0.25, -0.2) is 0 Å². The van der Waals surface area contributed by atoms with Gasteiger partial charge in [-0.2, -0.15) is 8.42 Å². The van der Waals surface area contributed by atoms with Crippen molar-refractivity contribution in [3.05, 3.63) is 0 Å². The van der Waals surface area contributed by atoms with Gasteiger partial charge in [-0.3, -0.25) is 8.98 Å². The Hall–Kier alpha value is -0.620. The third-order valence-corrected chi connectivity index (χ3v) is 3.05. The van der Waals surface area contributed by atoms with Crippen LogP contribution in [0, 0.1) is 0 Å². The standard InChI is InChI=1S/C8H17NO4S/c1-4-6-13-14(11,12)7(3)9-8(10)5-2/h7H,4-6H2,1-3H3,(H,9,10). The topological polar surface area (TPSA) is 72.5 Å². The molecule has 0 rings (SSSR count). The minimum atomic E-state index is -3.66. The van der Waals surface area contributed by atoms with E-state index in [-0.39, 0.29) is 18.9 Å². The first-order valence-corrected chi connectivity index (χ1v) is 6.08. The van der Waals surface area contributed by atoms with E-state index in [0.29, 0.717) is 6.42 Å². The summed E-state index contributed by atoms with van der Waals surface area (Å²) in [5, 5.41) is 1.34. The molecule has 0 bridgehead atoms. The molecule has 0 fully saturated rings. The van der Waals surface area contributed by atoms with Crippen molar-refractivity contribution >= 4 is 16.0 Å². The van der Waals surface area contributed by atoms with Crippen molar-refractivity contribution in [1.82, 2.24) is 5.32 Å². The van der Waals surface area contributed by atoms with Gasteiger partial charge in [0.05, 0.1) is 6.61 Å². The predicted molar refractivity (Wildman–Crippen MR) is 53.1 cm³/mol. The summed E-state index contributed by atoms with van der Waals surface area (Å²) in [7, 11) is -3.66. The largest absolute Gasteiger partial charge is 0.338 e. The molecule has 0 aliphatic heterocycles. The van der Waals surface area contributed by atoms with Gasteiger partial charge in [0.15, 0.2) is 5.37 Å². The molecule has 84 valence electrons. The second-order valence-electron chi connectivity index (χ2n) is 2.88. The van der Waals surface area contributed by atoms with E-state index >= 15 is 0 Å². The number of nitrogens with one attached hydrogen (secondary N) is 1. The maximum Gasteiger partial charge on any atom is 0.288 e. The Labute approximate surface area is 85.0 Å². The molecule has 0 saturated carbocycles. The van der Waals surface area contributed by atoms with Crippen LogP contribution in [0.5, 0.6) is 0 Å². The molecule has 0 aliphatic carbocycles. The molecule has 14 heavy (non-hydrogen) atoms. The van der Waals surface area contributed by atoms with Crippen LogP contribution >= 0.6 is 0 Å². The van der Waals surface area contributed by atoms with Gasteiger partial charge in [0.25, 0.3) is 10.1 Å². The second-order valence-corrected chi connectivity index (χ2v) is 4.81. The summed E-state index contributed by atoms with van der Waals surface area (Å²) in [5.41, 5.74) is 0. The zero-order chi connectivity index (χ0) is 11.2. The molecule has 0 aromatic rings. The van der Waals surface area contributed by atoms with E-state index in [0.717, 1.165) is 0 Å². The fourth-order valence-corrected chi connectivity index (χ4v) is 1.58. The van der Waals surface area contributed by atoms with Crippen molar-refractivity contribution < 1.29 is 17.4 Å². The van der Waals surface area contributed by atoms with E-state index in [4.69, 9.17) is 0 Å². The molecule has 1 unspecified atom stereocenters. The highest BCUT2D eigenvalue weighted by Crippen LogP contribution is 2.01. The summed E-state index contributed by atoms with van der Waals surface area (Å²) >= 11 is 0. The van der Waals surface area contributed by atoms with Crippen LogP contribution in [0.25, 0.3) is 0 Å². The van der Waals surface area contributed by atoms with Crippen molar-refractivity contribution in [3.8, 4) is 0 Å². The lowest BCUT2D eigenvalue weighted by atomic mass is 10.4. The third-order valence-electron chi connectivity index (χ3n) is 1.57. The summed E-state index contributed by atoms with van der Waals surface area (Å²) in [5.74, 6) is -0.304. The van der Waals surface area contributed by atoms with Crippen molar-refractivity contribution in [2.24, 2.45) is 0 Å². The minimum Gasteiger partial charge on any atom is -0.338 e. The summed E-state index contributed by atoms with van der Waals surface area (Å²) in [6.07, 6.45) is 0.876. The first kappa shape index (κ1) is 13.4. The highest BCUT2D eigenvalue weighted by Gasteiger charge is 2.22. The molecule has 1 atom stereocenters. The summed E-state index contributed by atoms with van der Waals surface area (Å²) in [6.45, 7) is 5.00. The van der Waals surface area contributed by atoms with Gasteiger partial charge in [-0.1, -0.05) is 13.8 Å². The van der Waals surface area contributed by atoms with Crippen molar-refractivity contribution in [2.45, 2.75) is 39.0 Å². The molecule has 0 aromatic heterocycles. The fraction of sp³-hybridized carbons (Fsp3) is 0.875. The minimum absolute atomic E-state index is 0.147. The van der Waals surface area contributed by atoms with Crippen LogP contribution in [0.15, 0.2) is 0 Å². The zero-order valence-electron chi connectivity index (χ0n) is 8.74. The van der Waals surface area contributed by atoms with Crippen molar-refractivity contribution in [2.75, 3.05) is 6.61 Å². The van der Waals surface area contributed by atoms with Crippen LogP contribution in [0.1, 0.15) is 33.6 Å². The smallest absolute Gasteiger partial charge is 0.288 e. The predicted octanol–water partition coefficient (Wildman–Crippen LogP) is 0.615. The van der Waals surface area contributed by atoms with E-state index < -0.39 is 15.5 Å². The maximum absolute atomic E-state index is 11.3. The molecule has 5 nitrogen and oxygen atoms in total. The van der Waals surface area contributed by atoms with E-state index in [9.17, 15) is 13.2 Å². The van der Waals surface area contributed by atoms with E-state index in [1.165, 1.54) is 6.92 Å². The molecule has 1 amide bonds. The van der Waals surface area contributed by atoms with Gasteiger partial charge >= 0.3 is 0 Å². The molecule has 1 N–H and O–H groups in total. The maximum atomic E-state index is 11.3. The van der Waals surface area contributed by atoms with E-state index in [1.54, 1.807) is 6.92 Å². The fourth-order valence-electron chi connectivity index (χ4n) is 0.702. The Morgan fingerprint density at radius 3 is 2.43 bits per heavy atom. The summed E-state index contributed by atoms with van der Waals surface area (Å²) in [4.78, 5) is 10.9. The Bertz CT molecular complexity index is 273. The number of hydrogen-bond acceptors (Lipinski definition) is 4. The van der Waals surface area contributed by atoms with Crippen LogP contribution in [0.4, 0.5) is 0 Å². The number of hydrogen-bond donors (Lipinski definition) is 1. The molecule has 0 spiro atoms. The van der Waals surface area contributed by atoms with Gasteiger partial charge < -0.3 is 5.32 Å². The van der Waals surface area contributed by atoms with E-state index in [2.05, 4.69) is 9.50 Å². The highest BCUT2D eigenvalue weighted by molar-refractivity contribution is 7.87. The molecular weight excluding hydrogens is 206 g/mol. The number of amides is 1. The average molecular weight is 223 g/mol. The molecule has 0 aromatic carbocycles. The molecule has 0 radical (unpaired) electrons. The highest BCUT2D eigenvalue weighted by atomic mass is 32.2. The Kier molecular flexibility index (Phi) is 5.71. The van der Waals surface area contributed by atoms with Crippen LogP contribution in [-0.4, -0.2) is 26.3 Å². The van der Waals surface area contributed by atoms with Crippen LogP contribution in [-0.2, 0) is 19.1 Å². The summed E-state index contributed by atoms with van der Waals surface area (Å²) in [6, 6.07) is 0. The lowest BCUT2D eigenvalue weighted by molar-refractivity contribution is -0.120. The van der Waals surface area contributed by atoms with Gasteiger partial charge in [0.2, 0.25) is 5.91 Å². The zero-order valence-corrected chi connectivity index (χ0v) is 9.56.